The summed E-state index contributed by atoms with van der Waals surface area (Å²) >= 11 is 0. The Morgan fingerprint density at radius 3 is 2.45 bits per heavy atom. The summed E-state index contributed by atoms with van der Waals surface area (Å²) in [7, 11) is 0. The summed E-state index contributed by atoms with van der Waals surface area (Å²) in [6.07, 6.45) is 1.62. The minimum Gasteiger partial charge on any atom is -0.372 e. The van der Waals surface area contributed by atoms with Crippen molar-refractivity contribution >= 4 is 28.3 Å². The molecule has 3 aromatic carbocycles. The lowest BCUT2D eigenvalue weighted by Gasteiger charge is -2.21. The molecule has 33 heavy (non-hydrogen) atoms. The van der Waals surface area contributed by atoms with Crippen LogP contribution in [0.1, 0.15) is 25.0 Å². The van der Waals surface area contributed by atoms with Crippen LogP contribution in [-0.2, 0) is 12.8 Å². The second-order valence-electron chi connectivity index (χ2n) is 8.41. The maximum atomic E-state index is 15.7. The molecule has 4 aromatic rings. The summed E-state index contributed by atoms with van der Waals surface area (Å²) in [4.78, 5) is 16.8. The van der Waals surface area contributed by atoms with E-state index < -0.39 is 6.03 Å². The van der Waals surface area contributed by atoms with Crippen molar-refractivity contribution < 1.29 is 9.18 Å². The lowest BCUT2D eigenvalue weighted by molar-refractivity contribution is 0.259. The molecule has 0 aliphatic heterocycles. The number of H-pyrrole nitrogens is 1. The van der Waals surface area contributed by atoms with E-state index in [9.17, 15) is 4.79 Å². The highest BCUT2D eigenvalue weighted by Gasteiger charge is 2.23. The highest BCUT2D eigenvalue weighted by molar-refractivity contribution is 5.96. The van der Waals surface area contributed by atoms with E-state index in [1.54, 1.807) is 0 Å². The van der Waals surface area contributed by atoms with E-state index in [-0.39, 0.29) is 5.82 Å². The van der Waals surface area contributed by atoms with Gasteiger partial charge < -0.3 is 20.9 Å². The Hall–Kier alpha value is -3.80. The Morgan fingerprint density at radius 1 is 1.03 bits per heavy atom. The zero-order chi connectivity index (χ0) is 23.1. The SMILES string of the molecule is CCN(CC)c1ccc(-c2ccc3c4c([nH]c3c2F)-c2ccc(NC(N)=O)cc2CC4)cc1. The lowest BCUT2D eigenvalue weighted by atomic mass is 9.88. The topological polar surface area (TPSA) is 74.2 Å². The molecule has 5 nitrogen and oxygen atoms in total. The summed E-state index contributed by atoms with van der Waals surface area (Å²) in [6, 6.07) is 17.1. The number of aryl methyl sites for hydroxylation is 2. The molecular formula is C27H27FN4O. The van der Waals surface area contributed by atoms with E-state index >= 15 is 4.39 Å². The van der Waals surface area contributed by atoms with E-state index in [0.29, 0.717) is 16.8 Å². The number of carbonyl (C=O) groups is 1. The zero-order valence-electron chi connectivity index (χ0n) is 18.8. The summed E-state index contributed by atoms with van der Waals surface area (Å²) < 4.78 is 15.7. The normalized spacial score (nSPS) is 12.3. The molecule has 1 heterocycles. The molecule has 1 aliphatic rings. The van der Waals surface area contributed by atoms with Crippen molar-refractivity contribution in [1.29, 1.82) is 0 Å². The fraction of sp³-hybridized carbons (Fsp3) is 0.222. The van der Waals surface area contributed by atoms with Crippen LogP contribution in [0.3, 0.4) is 0 Å². The van der Waals surface area contributed by atoms with E-state index in [2.05, 4.69) is 41.2 Å². The molecule has 0 saturated heterocycles. The molecule has 6 heteroatoms. The van der Waals surface area contributed by atoms with Gasteiger partial charge in [-0.15, -0.1) is 0 Å². The number of benzene rings is 3. The van der Waals surface area contributed by atoms with Gasteiger partial charge in [-0.2, -0.15) is 0 Å². The van der Waals surface area contributed by atoms with Gasteiger partial charge in [-0.25, -0.2) is 9.18 Å². The van der Waals surface area contributed by atoms with Gasteiger partial charge in [-0.3, -0.25) is 0 Å². The van der Waals surface area contributed by atoms with Crippen molar-refractivity contribution in [1.82, 2.24) is 4.98 Å². The van der Waals surface area contributed by atoms with Gasteiger partial charge in [0.05, 0.1) is 11.2 Å². The number of carbonyl (C=O) groups excluding carboxylic acids is 1. The van der Waals surface area contributed by atoms with Gasteiger partial charge in [0.2, 0.25) is 0 Å². The first-order valence-corrected chi connectivity index (χ1v) is 11.4. The maximum absolute atomic E-state index is 15.7. The number of aromatic nitrogens is 1. The predicted octanol–water partition coefficient (Wildman–Crippen LogP) is 6.08. The van der Waals surface area contributed by atoms with Gasteiger partial charge in [0.15, 0.2) is 5.82 Å². The van der Waals surface area contributed by atoms with Crippen molar-refractivity contribution in [3.8, 4) is 22.4 Å². The monoisotopic (exact) mass is 442 g/mol. The van der Waals surface area contributed by atoms with Crippen molar-refractivity contribution in [3.63, 3.8) is 0 Å². The Labute approximate surface area is 192 Å². The average Bonchev–Trinajstić information content (AvgIpc) is 3.20. The van der Waals surface area contributed by atoms with Crippen LogP contribution in [0.25, 0.3) is 33.3 Å². The third-order valence-corrected chi connectivity index (χ3v) is 6.61. The smallest absolute Gasteiger partial charge is 0.316 e. The third-order valence-electron chi connectivity index (χ3n) is 6.61. The largest absolute Gasteiger partial charge is 0.372 e. The fourth-order valence-corrected chi connectivity index (χ4v) is 4.96. The van der Waals surface area contributed by atoms with Gasteiger partial charge in [-0.05, 0) is 67.6 Å². The minimum absolute atomic E-state index is 0.231. The number of fused-ring (bicyclic) bond motifs is 5. The predicted molar refractivity (Wildman–Crippen MR) is 133 cm³/mol. The van der Waals surface area contributed by atoms with E-state index in [0.717, 1.165) is 65.0 Å². The number of nitrogens with two attached hydrogens (primary N) is 1. The van der Waals surface area contributed by atoms with Crippen LogP contribution in [-0.4, -0.2) is 24.1 Å². The Kier molecular flexibility index (Phi) is 5.29. The van der Waals surface area contributed by atoms with Crippen LogP contribution in [0.4, 0.5) is 20.6 Å². The van der Waals surface area contributed by atoms with Gasteiger partial charge in [-0.1, -0.05) is 30.3 Å². The first-order valence-electron chi connectivity index (χ1n) is 11.4. The van der Waals surface area contributed by atoms with Crippen LogP contribution in [0, 0.1) is 5.82 Å². The molecule has 0 bridgehead atoms. The van der Waals surface area contributed by atoms with Crippen molar-refractivity contribution in [2.75, 3.05) is 23.3 Å². The molecule has 0 unspecified atom stereocenters. The van der Waals surface area contributed by atoms with Crippen LogP contribution in [0.2, 0.25) is 0 Å². The molecule has 5 rings (SSSR count). The van der Waals surface area contributed by atoms with Crippen molar-refractivity contribution in [3.05, 3.63) is 71.5 Å². The number of hydrogen-bond acceptors (Lipinski definition) is 2. The molecule has 1 aliphatic carbocycles. The van der Waals surface area contributed by atoms with E-state index in [1.807, 2.05) is 42.5 Å². The molecule has 2 amide bonds. The van der Waals surface area contributed by atoms with Crippen molar-refractivity contribution in [2.24, 2.45) is 5.73 Å². The third kappa shape index (κ3) is 3.61. The Bertz CT molecular complexity index is 1350. The number of anilines is 2. The van der Waals surface area contributed by atoms with Gasteiger partial charge in [0.25, 0.3) is 0 Å². The summed E-state index contributed by atoms with van der Waals surface area (Å²) in [5, 5.41) is 3.55. The van der Waals surface area contributed by atoms with Gasteiger partial charge >= 0.3 is 6.03 Å². The highest BCUT2D eigenvalue weighted by atomic mass is 19.1. The Balaban J connectivity index is 1.55. The second kappa shape index (κ2) is 8.28. The fourth-order valence-electron chi connectivity index (χ4n) is 4.96. The van der Waals surface area contributed by atoms with Gasteiger partial charge in [0.1, 0.15) is 0 Å². The summed E-state index contributed by atoms with van der Waals surface area (Å²) in [5.41, 5.74) is 13.3. The zero-order valence-corrected chi connectivity index (χ0v) is 18.8. The number of primary amides is 1. The summed E-state index contributed by atoms with van der Waals surface area (Å²) in [6.45, 7) is 6.13. The Morgan fingerprint density at radius 2 is 1.76 bits per heavy atom. The number of aromatic amines is 1. The first-order chi connectivity index (χ1) is 16.0. The molecule has 0 atom stereocenters. The van der Waals surface area contributed by atoms with Crippen LogP contribution >= 0.6 is 0 Å². The molecule has 0 fully saturated rings. The number of hydrogen-bond donors (Lipinski definition) is 3. The molecule has 4 N–H and O–H groups in total. The minimum atomic E-state index is -0.586. The summed E-state index contributed by atoms with van der Waals surface area (Å²) in [5.74, 6) is -0.231. The molecule has 1 aromatic heterocycles. The maximum Gasteiger partial charge on any atom is 0.316 e. The lowest BCUT2D eigenvalue weighted by Crippen LogP contribution is -2.21. The average molecular weight is 443 g/mol. The van der Waals surface area contributed by atoms with E-state index in [4.69, 9.17) is 5.73 Å². The van der Waals surface area contributed by atoms with Crippen LogP contribution in [0.5, 0.6) is 0 Å². The van der Waals surface area contributed by atoms with Crippen LogP contribution < -0.4 is 16.0 Å². The molecule has 0 saturated carbocycles. The van der Waals surface area contributed by atoms with E-state index in [1.165, 1.54) is 0 Å². The quantitative estimate of drug-likeness (QED) is 0.351. The number of rotatable bonds is 5. The molecule has 168 valence electrons. The molecule has 0 spiro atoms. The highest BCUT2D eigenvalue weighted by Crippen LogP contribution is 2.40. The van der Waals surface area contributed by atoms with Crippen molar-refractivity contribution in [2.45, 2.75) is 26.7 Å². The van der Waals surface area contributed by atoms with Crippen LogP contribution in [0.15, 0.2) is 54.6 Å². The number of amides is 2. The second-order valence-corrected chi connectivity index (χ2v) is 8.41. The van der Waals surface area contributed by atoms with Gasteiger partial charge in [0, 0.05) is 41.0 Å². The molecular weight excluding hydrogens is 415 g/mol. The number of halogens is 1. The first kappa shape index (κ1) is 21.1. The standard InChI is InChI=1S/C27H27FN4O/c1-3-32(4-2)19-9-5-16(6-10-19)20-13-14-23-22-11-7-17-15-18(30-27(29)33)8-12-21(17)25(22)31-26(23)24(20)28/h5-6,8-10,12-15,31H,3-4,7,11H2,1-2H3,(H3,29,30,33). The number of nitrogens with zero attached hydrogens (tertiary/aromatic N) is 1. The molecule has 0 radical (unpaired) electrons. The number of nitrogens with one attached hydrogen (secondary N) is 2. The number of urea groups is 1.